The van der Waals surface area contributed by atoms with E-state index in [1.165, 1.54) is 6.07 Å². The van der Waals surface area contributed by atoms with Crippen molar-refractivity contribution in [3.63, 3.8) is 0 Å². The van der Waals surface area contributed by atoms with E-state index in [1.807, 2.05) is 0 Å². The van der Waals surface area contributed by atoms with Crippen LogP contribution in [0.2, 0.25) is 0 Å². The molecule has 0 bridgehead atoms. The molecule has 2 nitrogen and oxygen atoms in total. The number of nitrogens with zero attached hydrogens (tertiary/aromatic N) is 1. The second kappa shape index (κ2) is 1.65. The van der Waals surface area contributed by atoms with Crippen LogP contribution in [0.25, 0.3) is 0 Å². The van der Waals surface area contributed by atoms with Crippen molar-refractivity contribution in [1.82, 2.24) is 0 Å². The van der Waals surface area contributed by atoms with Crippen molar-refractivity contribution in [2.45, 2.75) is 4.52 Å². The molecule has 0 rings (SSSR count). The monoisotopic (exact) mass is 125 g/mol. The number of rotatable bonds is 0. The molecule has 0 fully saturated rings. The molecule has 0 aliphatic heterocycles. The maximum absolute atomic E-state index is 8.00. The highest BCUT2D eigenvalue weighted by Gasteiger charge is 2.15. The SMILES string of the molecule is N#CC(O)(Cl)Cl. The normalized spacial score (nSPS) is 10.3. The largest absolute Gasteiger partial charge is 0.351 e. The zero-order valence-corrected chi connectivity index (χ0v) is 4.16. The molecule has 0 heterocycles. The summed E-state index contributed by atoms with van der Waals surface area (Å²) in [7, 11) is 0. The van der Waals surface area contributed by atoms with Crippen LogP contribution < -0.4 is 0 Å². The Morgan fingerprint density at radius 3 is 1.83 bits per heavy atom. The lowest BCUT2D eigenvalue weighted by Gasteiger charge is -1.93. The van der Waals surface area contributed by atoms with Crippen LogP contribution in [-0.4, -0.2) is 9.63 Å². The molecule has 0 unspecified atom stereocenters. The Morgan fingerprint density at radius 1 is 1.67 bits per heavy atom. The predicted octanol–water partition coefficient (Wildman–Crippen LogP) is 0.634. The third kappa shape index (κ3) is 4.03. The highest BCUT2D eigenvalue weighted by Crippen LogP contribution is 2.12. The third-order valence-electron chi connectivity index (χ3n) is 0.135. The highest BCUT2D eigenvalue weighted by atomic mass is 35.5. The van der Waals surface area contributed by atoms with E-state index < -0.39 is 4.52 Å². The molecule has 1 N–H and O–H groups in total. The van der Waals surface area contributed by atoms with Crippen LogP contribution in [0.3, 0.4) is 0 Å². The van der Waals surface area contributed by atoms with E-state index in [1.54, 1.807) is 0 Å². The second-order valence-electron chi connectivity index (χ2n) is 0.653. The van der Waals surface area contributed by atoms with Gasteiger partial charge in [-0.3, -0.25) is 0 Å². The molecule has 34 valence electrons. The fraction of sp³-hybridized carbons (Fsp3) is 0.500. The minimum Gasteiger partial charge on any atom is -0.351 e. The van der Waals surface area contributed by atoms with Gasteiger partial charge in [0.1, 0.15) is 6.07 Å². The van der Waals surface area contributed by atoms with Gasteiger partial charge in [-0.15, -0.1) is 0 Å². The summed E-state index contributed by atoms with van der Waals surface area (Å²) in [5.41, 5.74) is 0. The van der Waals surface area contributed by atoms with Gasteiger partial charge in [0, 0.05) is 0 Å². The summed E-state index contributed by atoms with van der Waals surface area (Å²) in [4.78, 5) is 0. The van der Waals surface area contributed by atoms with Gasteiger partial charge in [0.05, 0.1) is 0 Å². The van der Waals surface area contributed by atoms with Gasteiger partial charge in [-0.2, -0.15) is 5.26 Å². The highest BCUT2D eigenvalue weighted by molar-refractivity contribution is 6.48. The standard InChI is InChI=1S/C2HCl2NO/c3-2(4,6)1-5/h6H. The van der Waals surface area contributed by atoms with E-state index in [0.717, 1.165) is 0 Å². The maximum atomic E-state index is 8.00. The summed E-state index contributed by atoms with van der Waals surface area (Å²) in [6.45, 7) is 0. The fourth-order valence-electron chi connectivity index (χ4n) is 0. The van der Waals surface area contributed by atoms with Crippen LogP contribution in [0.1, 0.15) is 0 Å². The average Bonchev–Trinajstić information content (AvgIpc) is 1.35. The van der Waals surface area contributed by atoms with Gasteiger partial charge in [0.2, 0.25) is 0 Å². The van der Waals surface area contributed by atoms with Gasteiger partial charge < -0.3 is 5.11 Å². The fourth-order valence-corrected chi connectivity index (χ4v) is 0. The number of aliphatic hydroxyl groups is 1. The molecule has 0 aliphatic rings. The van der Waals surface area contributed by atoms with Crippen molar-refractivity contribution < 1.29 is 5.11 Å². The van der Waals surface area contributed by atoms with Crippen molar-refractivity contribution in [2.24, 2.45) is 0 Å². The molecule has 4 heteroatoms. The average molecular weight is 126 g/mol. The van der Waals surface area contributed by atoms with Crippen molar-refractivity contribution >= 4 is 23.2 Å². The van der Waals surface area contributed by atoms with Gasteiger partial charge >= 0.3 is 4.52 Å². The Bertz CT molecular complexity index is 78.5. The molecular weight excluding hydrogens is 125 g/mol. The van der Waals surface area contributed by atoms with Gasteiger partial charge in [0.15, 0.2) is 0 Å². The minimum atomic E-state index is -2.21. The third-order valence-corrected chi connectivity index (χ3v) is 0.304. The Hall–Kier alpha value is 0.0300. The first kappa shape index (κ1) is 6.03. The smallest absolute Gasteiger partial charge is 0.305 e. The maximum Gasteiger partial charge on any atom is 0.305 e. The second-order valence-corrected chi connectivity index (χ2v) is 1.94. The Labute approximate surface area is 44.9 Å². The molecule has 0 aromatic heterocycles. The number of hydrogen-bond acceptors (Lipinski definition) is 2. The summed E-state index contributed by atoms with van der Waals surface area (Å²) in [6, 6.07) is 1.19. The van der Waals surface area contributed by atoms with E-state index in [2.05, 4.69) is 23.2 Å². The van der Waals surface area contributed by atoms with Gasteiger partial charge in [-0.25, -0.2) is 0 Å². The van der Waals surface area contributed by atoms with E-state index in [0.29, 0.717) is 0 Å². The summed E-state index contributed by atoms with van der Waals surface area (Å²) in [5, 5.41) is 15.6. The van der Waals surface area contributed by atoms with Gasteiger partial charge in [-0.1, -0.05) is 23.2 Å². The number of alkyl halides is 2. The molecule has 0 aromatic carbocycles. The number of halogens is 2. The molecule has 0 amide bonds. The van der Waals surface area contributed by atoms with Crippen molar-refractivity contribution in [3.8, 4) is 6.07 Å². The van der Waals surface area contributed by atoms with Crippen LogP contribution >= 0.6 is 23.2 Å². The van der Waals surface area contributed by atoms with Crippen LogP contribution in [0.5, 0.6) is 0 Å². The first-order valence-electron chi connectivity index (χ1n) is 1.08. The van der Waals surface area contributed by atoms with E-state index >= 15 is 0 Å². The van der Waals surface area contributed by atoms with Crippen LogP contribution in [-0.2, 0) is 0 Å². The van der Waals surface area contributed by atoms with E-state index in [4.69, 9.17) is 10.4 Å². The quantitative estimate of drug-likeness (QED) is 0.382. The van der Waals surface area contributed by atoms with Crippen LogP contribution in [0.15, 0.2) is 0 Å². The summed E-state index contributed by atoms with van der Waals surface area (Å²) in [6.07, 6.45) is 0. The predicted molar refractivity (Wildman–Crippen MR) is 22.3 cm³/mol. The van der Waals surface area contributed by atoms with E-state index in [9.17, 15) is 0 Å². The summed E-state index contributed by atoms with van der Waals surface area (Å²) in [5.74, 6) is 0. The van der Waals surface area contributed by atoms with Crippen molar-refractivity contribution in [3.05, 3.63) is 0 Å². The van der Waals surface area contributed by atoms with Crippen molar-refractivity contribution in [1.29, 1.82) is 5.26 Å². The topological polar surface area (TPSA) is 44.0 Å². The molecule has 0 spiro atoms. The summed E-state index contributed by atoms with van der Waals surface area (Å²) < 4.78 is -2.21. The number of nitriles is 1. The number of hydrogen-bond donors (Lipinski definition) is 1. The van der Waals surface area contributed by atoms with Crippen LogP contribution in [0.4, 0.5) is 0 Å². The molecule has 0 saturated carbocycles. The lowest BCUT2D eigenvalue weighted by Crippen LogP contribution is -2.04. The Balaban J connectivity index is 3.55. The minimum absolute atomic E-state index is 1.19. The molecule has 0 atom stereocenters. The van der Waals surface area contributed by atoms with Crippen LogP contribution in [0, 0.1) is 11.3 Å². The summed E-state index contributed by atoms with van der Waals surface area (Å²) >= 11 is 9.35. The molecule has 0 aromatic rings. The molecule has 0 aliphatic carbocycles. The zero-order valence-electron chi connectivity index (χ0n) is 2.65. The Morgan fingerprint density at radius 2 is 1.83 bits per heavy atom. The lowest BCUT2D eigenvalue weighted by atomic mass is 10.8. The first-order valence-corrected chi connectivity index (χ1v) is 1.83. The lowest BCUT2D eigenvalue weighted by molar-refractivity contribution is 0.271. The molecule has 6 heavy (non-hydrogen) atoms. The molecule has 0 saturated heterocycles. The molecule has 0 radical (unpaired) electrons. The Kier molecular flexibility index (Phi) is 1.66. The van der Waals surface area contributed by atoms with Gasteiger partial charge in [0.25, 0.3) is 0 Å². The zero-order chi connectivity index (χ0) is 5.21. The van der Waals surface area contributed by atoms with E-state index in [-0.39, 0.29) is 0 Å². The molecular formula is C2HCl2NO. The van der Waals surface area contributed by atoms with Crippen molar-refractivity contribution in [2.75, 3.05) is 0 Å². The van der Waals surface area contributed by atoms with Gasteiger partial charge in [-0.05, 0) is 0 Å². The first-order chi connectivity index (χ1) is 2.56.